The lowest BCUT2D eigenvalue weighted by molar-refractivity contribution is -0.121. The van der Waals surface area contributed by atoms with Gasteiger partial charge in [-0.1, -0.05) is 23.8 Å². The highest BCUT2D eigenvalue weighted by Crippen LogP contribution is 2.19. The Morgan fingerprint density at radius 2 is 1.91 bits per heavy atom. The second-order valence-electron chi connectivity index (χ2n) is 6.43. The van der Waals surface area contributed by atoms with Gasteiger partial charge < -0.3 is 5.32 Å². The van der Waals surface area contributed by atoms with Crippen molar-refractivity contribution in [3.05, 3.63) is 46.5 Å². The van der Waals surface area contributed by atoms with E-state index in [9.17, 15) is 9.59 Å². The number of allylic oxidation sites excluding steroid dienone is 1. The minimum absolute atomic E-state index is 0.0291. The van der Waals surface area contributed by atoms with E-state index in [1.54, 1.807) is 0 Å². The first-order valence-corrected chi connectivity index (χ1v) is 8.61. The molecule has 0 spiro atoms. The third-order valence-corrected chi connectivity index (χ3v) is 4.56. The first-order valence-electron chi connectivity index (χ1n) is 8.61. The lowest BCUT2D eigenvalue weighted by Crippen LogP contribution is -2.25. The van der Waals surface area contributed by atoms with Gasteiger partial charge in [-0.2, -0.15) is 0 Å². The maximum absolute atomic E-state index is 12.1. The molecule has 0 radical (unpaired) electrons. The maximum Gasteiger partial charge on any atom is 0.220 e. The van der Waals surface area contributed by atoms with Gasteiger partial charge in [0.1, 0.15) is 0 Å². The summed E-state index contributed by atoms with van der Waals surface area (Å²) in [6.45, 7) is 4.71. The number of benzene rings is 1. The third kappa shape index (κ3) is 5.66. The van der Waals surface area contributed by atoms with Crippen LogP contribution >= 0.6 is 0 Å². The van der Waals surface area contributed by atoms with Crippen molar-refractivity contribution in [2.45, 2.75) is 58.8 Å². The molecule has 1 N–H and O–H groups in total. The number of hydrogen-bond donors (Lipinski definition) is 1. The number of amides is 1. The Balaban J connectivity index is 1.70. The van der Waals surface area contributed by atoms with Crippen molar-refractivity contribution < 1.29 is 9.59 Å². The highest BCUT2D eigenvalue weighted by atomic mass is 16.2. The molecular weight excluding hydrogens is 286 g/mol. The number of Topliss-reactive ketones (excluding diaryl/α,β-unsaturated/α-hetero) is 1. The lowest BCUT2D eigenvalue weighted by Gasteiger charge is -2.12. The number of rotatable bonds is 7. The summed E-state index contributed by atoms with van der Waals surface area (Å²) in [6, 6.07) is 5.71. The van der Waals surface area contributed by atoms with Gasteiger partial charge in [0.05, 0.1) is 0 Å². The Bertz CT molecular complexity index is 602. The fourth-order valence-electron chi connectivity index (χ4n) is 2.87. The number of hydrogen-bond acceptors (Lipinski definition) is 2. The summed E-state index contributed by atoms with van der Waals surface area (Å²) in [6.07, 6.45) is 8.69. The van der Waals surface area contributed by atoms with Crippen molar-refractivity contribution in [2.24, 2.45) is 0 Å². The molecule has 0 atom stereocenters. The monoisotopic (exact) mass is 313 g/mol. The minimum Gasteiger partial charge on any atom is -0.356 e. The molecule has 124 valence electrons. The van der Waals surface area contributed by atoms with E-state index in [-0.39, 0.29) is 24.5 Å². The van der Waals surface area contributed by atoms with E-state index in [1.165, 1.54) is 36.8 Å². The van der Waals surface area contributed by atoms with Crippen LogP contribution in [0.3, 0.4) is 0 Å². The molecule has 3 heteroatoms. The normalized spacial score (nSPS) is 14.3. The molecule has 23 heavy (non-hydrogen) atoms. The van der Waals surface area contributed by atoms with Crippen molar-refractivity contribution in [3.63, 3.8) is 0 Å². The zero-order valence-corrected chi connectivity index (χ0v) is 14.3. The van der Waals surface area contributed by atoms with Crippen LogP contribution in [0, 0.1) is 13.8 Å². The van der Waals surface area contributed by atoms with Crippen molar-refractivity contribution in [3.8, 4) is 0 Å². The average molecular weight is 313 g/mol. The van der Waals surface area contributed by atoms with Gasteiger partial charge in [0.25, 0.3) is 0 Å². The second kappa shape index (κ2) is 8.66. The van der Waals surface area contributed by atoms with E-state index < -0.39 is 0 Å². The molecule has 0 aromatic heterocycles. The summed E-state index contributed by atoms with van der Waals surface area (Å²) >= 11 is 0. The van der Waals surface area contributed by atoms with E-state index in [1.807, 2.05) is 32.0 Å². The molecule has 0 heterocycles. The molecule has 1 aromatic carbocycles. The molecule has 3 nitrogen and oxygen atoms in total. The van der Waals surface area contributed by atoms with E-state index in [4.69, 9.17) is 0 Å². The Morgan fingerprint density at radius 3 is 2.61 bits per heavy atom. The lowest BCUT2D eigenvalue weighted by atomic mass is 9.97. The molecule has 0 saturated carbocycles. The van der Waals surface area contributed by atoms with E-state index in [0.29, 0.717) is 12.1 Å². The van der Waals surface area contributed by atoms with E-state index in [0.717, 1.165) is 12.0 Å². The first kappa shape index (κ1) is 17.5. The van der Waals surface area contributed by atoms with Crippen LogP contribution in [0.25, 0.3) is 0 Å². The standard InChI is InChI=1S/C20H27NO2/c1-15-8-9-18(14-16(15)2)19(22)10-11-20(23)21-13-12-17-6-4-3-5-7-17/h6,8-9,14H,3-5,7,10-13H2,1-2H3,(H,21,23). The van der Waals surface area contributed by atoms with Gasteiger partial charge >= 0.3 is 0 Å². The van der Waals surface area contributed by atoms with Crippen LogP contribution in [-0.2, 0) is 4.79 Å². The quantitative estimate of drug-likeness (QED) is 0.603. The Hall–Kier alpha value is -1.90. The number of carbonyl (C=O) groups excluding carboxylic acids is 2. The maximum atomic E-state index is 12.1. The highest BCUT2D eigenvalue weighted by molar-refractivity contribution is 5.98. The predicted molar refractivity (Wildman–Crippen MR) is 93.7 cm³/mol. The summed E-state index contributed by atoms with van der Waals surface area (Å²) in [5.74, 6) is 0.0110. The third-order valence-electron chi connectivity index (χ3n) is 4.56. The number of ketones is 1. The second-order valence-corrected chi connectivity index (χ2v) is 6.43. The van der Waals surface area contributed by atoms with Crippen molar-refractivity contribution in [2.75, 3.05) is 6.54 Å². The van der Waals surface area contributed by atoms with Gasteiger partial charge in [0.2, 0.25) is 5.91 Å². The van der Waals surface area contributed by atoms with Crippen LogP contribution in [-0.4, -0.2) is 18.2 Å². The average Bonchev–Trinajstić information content (AvgIpc) is 2.56. The predicted octanol–water partition coefficient (Wildman–Crippen LogP) is 4.27. The van der Waals surface area contributed by atoms with Crippen molar-refractivity contribution in [1.82, 2.24) is 5.32 Å². The van der Waals surface area contributed by atoms with Gasteiger partial charge in [-0.25, -0.2) is 0 Å². The SMILES string of the molecule is Cc1ccc(C(=O)CCC(=O)NCCC2=CCCCC2)cc1C. The van der Waals surface area contributed by atoms with Crippen LogP contribution in [0.15, 0.2) is 29.8 Å². The topological polar surface area (TPSA) is 46.2 Å². The van der Waals surface area contributed by atoms with Gasteiger partial charge in [0, 0.05) is 24.9 Å². The highest BCUT2D eigenvalue weighted by Gasteiger charge is 2.10. The van der Waals surface area contributed by atoms with Gasteiger partial charge in [-0.3, -0.25) is 9.59 Å². The largest absolute Gasteiger partial charge is 0.356 e. The molecule has 0 fully saturated rings. The molecule has 1 aliphatic carbocycles. The van der Waals surface area contributed by atoms with Crippen LogP contribution in [0.2, 0.25) is 0 Å². The van der Waals surface area contributed by atoms with Gasteiger partial charge in [-0.05, 0) is 63.1 Å². The molecule has 0 bridgehead atoms. The Morgan fingerprint density at radius 1 is 1.09 bits per heavy atom. The molecule has 2 rings (SSSR count). The summed E-state index contributed by atoms with van der Waals surface area (Å²) < 4.78 is 0. The van der Waals surface area contributed by atoms with Gasteiger partial charge in [0.15, 0.2) is 5.78 Å². The van der Waals surface area contributed by atoms with Crippen LogP contribution in [0.1, 0.15) is 66.4 Å². The van der Waals surface area contributed by atoms with Crippen LogP contribution < -0.4 is 5.32 Å². The Kier molecular flexibility index (Phi) is 6.57. The van der Waals surface area contributed by atoms with Crippen LogP contribution in [0.4, 0.5) is 0 Å². The molecule has 1 aliphatic rings. The molecule has 1 amide bonds. The van der Waals surface area contributed by atoms with E-state index in [2.05, 4.69) is 11.4 Å². The first-order chi connectivity index (χ1) is 11.1. The summed E-state index contributed by atoms with van der Waals surface area (Å²) in [4.78, 5) is 24.0. The Labute approximate surface area is 139 Å². The fraction of sp³-hybridized carbons (Fsp3) is 0.500. The van der Waals surface area contributed by atoms with Crippen molar-refractivity contribution >= 4 is 11.7 Å². The summed E-state index contributed by atoms with van der Waals surface area (Å²) in [5.41, 5.74) is 4.45. The van der Waals surface area contributed by atoms with Gasteiger partial charge in [-0.15, -0.1) is 0 Å². The summed E-state index contributed by atoms with van der Waals surface area (Å²) in [5, 5.41) is 2.93. The zero-order chi connectivity index (χ0) is 16.7. The number of aryl methyl sites for hydroxylation is 2. The smallest absolute Gasteiger partial charge is 0.220 e. The minimum atomic E-state index is -0.0291. The molecular formula is C20H27NO2. The summed E-state index contributed by atoms with van der Waals surface area (Å²) in [7, 11) is 0. The fourth-order valence-corrected chi connectivity index (χ4v) is 2.87. The molecule has 0 aliphatic heterocycles. The number of carbonyl (C=O) groups is 2. The van der Waals surface area contributed by atoms with Crippen LogP contribution in [0.5, 0.6) is 0 Å². The van der Waals surface area contributed by atoms with Crippen molar-refractivity contribution in [1.29, 1.82) is 0 Å². The molecule has 0 unspecified atom stereocenters. The zero-order valence-electron chi connectivity index (χ0n) is 14.3. The number of nitrogens with one attached hydrogen (secondary N) is 1. The molecule has 1 aromatic rings. The molecule has 0 saturated heterocycles. The van der Waals surface area contributed by atoms with E-state index >= 15 is 0 Å².